The van der Waals surface area contributed by atoms with Gasteiger partial charge in [-0.05, 0) is 37.1 Å². The molecule has 1 aromatic heterocycles. The quantitative estimate of drug-likeness (QED) is 0.935. The van der Waals surface area contributed by atoms with Gasteiger partial charge in [-0.1, -0.05) is 0 Å². The zero-order chi connectivity index (χ0) is 15.7. The van der Waals surface area contributed by atoms with Crippen molar-refractivity contribution in [3.8, 4) is 0 Å². The van der Waals surface area contributed by atoms with Crippen molar-refractivity contribution < 1.29 is 9.50 Å². The van der Waals surface area contributed by atoms with Crippen molar-refractivity contribution in [2.45, 2.75) is 18.9 Å². The van der Waals surface area contributed by atoms with E-state index in [0.29, 0.717) is 5.95 Å². The first-order valence-corrected chi connectivity index (χ1v) is 7.38. The SMILES string of the molecule is CN(c1ccc(F)cc1)c1nnc(N2CCC(O)CC2)n1C. The highest BCUT2D eigenvalue weighted by Crippen LogP contribution is 2.26. The highest BCUT2D eigenvalue weighted by molar-refractivity contribution is 5.57. The van der Waals surface area contributed by atoms with E-state index in [1.54, 1.807) is 12.1 Å². The molecule has 22 heavy (non-hydrogen) atoms. The van der Waals surface area contributed by atoms with Crippen molar-refractivity contribution in [2.24, 2.45) is 7.05 Å². The number of nitrogens with zero attached hydrogens (tertiary/aromatic N) is 5. The number of benzene rings is 1. The third-order valence-electron chi connectivity index (χ3n) is 4.09. The minimum absolute atomic E-state index is 0.217. The molecule has 0 saturated carbocycles. The number of halogens is 1. The number of aromatic nitrogens is 3. The van der Waals surface area contributed by atoms with E-state index >= 15 is 0 Å². The predicted octanol–water partition coefficient (Wildman–Crippen LogP) is 1.68. The molecule has 1 saturated heterocycles. The summed E-state index contributed by atoms with van der Waals surface area (Å²) in [6.45, 7) is 1.54. The fourth-order valence-corrected chi connectivity index (χ4v) is 2.73. The maximum Gasteiger partial charge on any atom is 0.232 e. The Bertz CT molecular complexity index is 634. The number of aliphatic hydroxyl groups excluding tert-OH is 1. The first-order chi connectivity index (χ1) is 10.6. The van der Waals surface area contributed by atoms with Gasteiger partial charge in [0.05, 0.1) is 6.10 Å². The summed E-state index contributed by atoms with van der Waals surface area (Å²) >= 11 is 0. The zero-order valence-corrected chi connectivity index (χ0v) is 12.8. The van der Waals surface area contributed by atoms with Gasteiger partial charge in [0.25, 0.3) is 0 Å². The number of rotatable bonds is 3. The lowest BCUT2D eigenvalue weighted by atomic mass is 10.1. The number of aliphatic hydroxyl groups is 1. The van der Waals surface area contributed by atoms with Gasteiger partial charge >= 0.3 is 0 Å². The molecule has 0 amide bonds. The van der Waals surface area contributed by atoms with Crippen LogP contribution in [-0.4, -0.2) is 46.1 Å². The summed E-state index contributed by atoms with van der Waals surface area (Å²) in [7, 11) is 3.79. The van der Waals surface area contributed by atoms with Crippen LogP contribution in [-0.2, 0) is 7.05 Å². The van der Waals surface area contributed by atoms with Crippen LogP contribution in [0.25, 0.3) is 0 Å². The largest absolute Gasteiger partial charge is 0.393 e. The lowest BCUT2D eigenvalue weighted by Gasteiger charge is -2.30. The van der Waals surface area contributed by atoms with Gasteiger partial charge in [0.2, 0.25) is 11.9 Å². The van der Waals surface area contributed by atoms with E-state index in [-0.39, 0.29) is 11.9 Å². The van der Waals surface area contributed by atoms with Crippen LogP contribution in [0.2, 0.25) is 0 Å². The number of piperidine rings is 1. The molecule has 2 heterocycles. The van der Waals surface area contributed by atoms with Crippen molar-refractivity contribution in [3.63, 3.8) is 0 Å². The van der Waals surface area contributed by atoms with Crippen LogP contribution in [0.1, 0.15) is 12.8 Å². The summed E-state index contributed by atoms with van der Waals surface area (Å²) in [6, 6.07) is 6.27. The minimum atomic E-state index is -0.261. The Hall–Kier alpha value is -2.15. The first kappa shape index (κ1) is 14.8. The molecule has 0 bridgehead atoms. The summed E-state index contributed by atoms with van der Waals surface area (Å²) < 4.78 is 14.9. The molecule has 1 fully saturated rings. The maximum atomic E-state index is 13.0. The Balaban J connectivity index is 1.82. The molecule has 2 aromatic rings. The van der Waals surface area contributed by atoms with Crippen LogP contribution < -0.4 is 9.80 Å². The normalized spacial score (nSPS) is 16.1. The van der Waals surface area contributed by atoms with E-state index in [4.69, 9.17) is 0 Å². The van der Waals surface area contributed by atoms with Gasteiger partial charge in [-0.3, -0.25) is 4.57 Å². The second-order valence-corrected chi connectivity index (χ2v) is 5.61. The topological polar surface area (TPSA) is 57.4 Å². The van der Waals surface area contributed by atoms with Crippen LogP contribution in [0.5, 0.6) is 0 Å². The highest BCUT2D eigenvalue weighted by atomic mass is 19.1. The molecule has 1 aliphatic rings. The van der Waals surface area contributed by atoms with Gasteiger partial charge < -0.3 is 14.9 Å². The minimum Gasteiger partial charge on any atom is -0.393 e. The second kappa shape index (κ2) is 5.92. The fraction of sp³-hybridized carbons (Fsp3) is 0.467. The van der Waals surface area contributed by atoms with Crippen molar-refractivity contribution in [3.05, 3.63) is 30.1 Å². The molecule has 0 aliphatic carbocycles. The molecule has 1 aliphatic heterocycles. The summed E-state index contributed by atoms with van der Waals surface area (Å²) in [5, 5.41) is 18.1. The van der Waals surface area contributed by atoms with Crippen LogP contribution in [0.3, 0.4) is 0 Å². The van der Waals surface area contributed by atoms with Crippen LogP contribution in [0.4, 0.5) is 22.0 Å². The van der Waals surface area contributed by atoms with Gasteiger partial charge in [-0.25, -0.2) is 4.39 Å². The van der Waals surface area contributed by atoms with Gasteiger partial charge in [0.1, 0.15) is 5.82 Å². The smallest absolute Gasteiger partial charge is 0.232 e. The first-order valence-electron chi connectivity index (χ1n) is 7.38. The van der Waals surface area contributed by atoms with E-state index in [2.05, 4.69) is 15.1 Å². The number of hydrogen-bond donors (Lipinski definition) is 1. The average molecular weight is 305 g/mol. The van der Waals surface area contributed by atoms with E-state index in [1.807, 2.05) is 23.6 Å². The Morgan fingerprint density at radius 1 is 1.18 bits per heavy atom. The molecular weight excluding hydrogens is 285 g/mol. The van der Waals surface area contributed by atoms with Gasteiger partial charge in [0.15, 0.2) is 0 Å². The maximum absolute atomic E-state index is 13.0. The molecule has 0 radical (unpaired) electrons. The van der Waals surface area contributed by atoms with Crippen molar-refractivity contribution in [1.29, 1.82) is 0 Å². The van der Waals surface area contributed by atoms with Gasteiger partial charge in [0, 0.05) is 32.9 Å². The molecular formula is C15H20FN5O. The molecule has 118 valence electrons. The highest BCUT2D eigenvalue weighted by Gasteiger charge is 2.23. The molecule has 1 N–H and O–H groups in total. The molecule has 7 heteroatoms. The Labute approximate surface area is 128 Å². The van der Waals surface area contributed by atoms with E-state index in [1.165, 1.54) is 12.1 Å². The third kappa shape index (κ3) is 2.76. The van der Waals surface area contributed by atoms with E-state index < -0.39 is 0 Å². The second-order valence-electron chi connectivity index (χ2n) is 5.61. The Kier molecular flexibility index (Phi) is 3.98. The summed E-state index contributed by atoms with van der Waals surface area (Å²) in [5.41, 5.74) is 0.845. The van der Waals surface area contributed by atoms with Gasteiger partial charge in [-0.2, -0.15) is 0 Å². The van der Waals surface area contributed by atoms with E-state index in [0.717, 1.165) is 37.6 Å². The number of anilines is 3. The lowest BCUT2D eigenvalue weighted by Crippen LogP contribution is -2.37. The molecule has 0 unspecified atom stereocenters. The third-order valence-corrected chi connectivity index (χ3v) is 4.09. The molecule has 3 rings (SSSR count). The van der Waals surface area contributed by atoms with Crippen LogP contribution in [0.15, 0.2) is 24.3 Å². The zero-order valence-electron chi connectivity index (χ0n) is 12.8. The summed E-state index contributed by atoms with van der Waals surface area (Å²) in [4.78, 5) is 4.00. The van der Waals surface area contributed by atoms with Crippen LogP contribution >= 0.6 is 0 Å². The standard InChI is InChI=1S/C15H20FN5O/c1-19(12-5-3-11(16)4-6-12)14-17-18-15(20(14)2)21-9-7-13(22)8-10-21/h3-6,13,22H,7-10H2,1-2H3. The van der Waals surface area contributed by atoms with Crippen molar-refractivity contribution in [2.75, 3.05) is 29.9 Å². The van der Waals surface area contributed by atoms with E-state index in [9.17, 15) is 9.50 Å². The molecule has 0 atom stereocenters. The summed E-state index contributed by atoms with van der Waals surface area (Å²) in [5.74, 6) is 1.21. The summed E-state index contributed by atoms with van der Waals surface area (Å²) in [6.07, 6.45) is 1.28. The number of hydrogen-bond acceptors (Lipinski definition) is 5. The lowest BCUT2D eigenvalue weighted by molar-refractivity contribution is 0.145. The Morgan fingerprint density at radius 2 is 1.82 bits per heavy atom. The fourth-order valence-electron chi connectivity index (χ4n) is 2.73. The Morgan fingerprint density at radius 3 is 2.45 bits per heavy atom. The van der Waals surface area contributed by atoms with Gasteiger partial charge in [-0.15, -0.1) is 10.2 Å². The molecule has 0 spiro atoms. The predicted molar refractivity (Wildman–Crippen MR) is 82.9 cm³/mol. The monoisotopic (exact) mass is 305 g/mol. The van der Waals surface area contributed by atoms with Crippen molar-refractivity contribution >= 4 is 17.6 Å². The van der Waals surface area contributed by atoms with Crippen LogP contribution in [0, 0.1) is 5.82 Å². The van der Waals surface area contributed by atoms with Crippen molar-refractivity contribution in [1.82, 2.24) is 14.8 Å². The average Bonchev–Trinajstić information content (AvgIpc) is 2.90. The molecule has 1 aromatic carbocycles. The molecule has 6 nitrogen and oxygen atoms in total.